The first kappa shape index (κ1) is 23.9. The summed E-state index contributed by atoms with van der Waals surface area (Å²) in [4.78, 5) is 15.5. The van der Waals surface area contributed by atoms with E-state index in [1.807, 2.05) is 19.1 Å². The van der Waals surface area contributed by atoms with Crippen molar-refractivity contribution in [1.82, 2.24) is 14.5 Å². The van der Waals surface area contributed by atoms with Gasteiger partial charge >= 0.3 is 0 Å². The summed E-state index contributed by atoms with van der Waals surface area (Å²) < 4.78 is 32.9. The van der Waals surface area contributed by atoms with Gasteiger partial charge in [-0.15, -0.1) is 0 Å². The Labute approximate surface area is 196 Å². The highest BCUT2D eigenvalue weighted by molar-refractivity contribution is 7.89. The van der Waals surface area contributed by atoms with Crippen molar-refractivity contribution in [2.24, 2.45) is 5.92 Å². The number of benzene rings is 2. The molecule has 2 aliphatic rings. The van der Waals surface area contributed by atoms with Crippen LogP contribution in [0.15, 0.2) is 53.4 Å². The van der Waals surface area contributed by atoms with Crippen LogP contribution >= 0.6 is 0 Å². The molecular weight excluding hydrogens is 438 g/mol. The predicted octanol–water partition coefficient (Wildman–Crippen LogP) is 2.54. The topological polar surface area (TPSA) is 79.0 Å². The second kappa shape index (κ2) is 10.8. The van der Waals surface area contributed by atoms with Gasteiger partial charge in [0.1, 0.15) is 0 Å². The van der Waals surface area contributed by atoms with Crippen molar-refractivity contribution in [3.63, 3.8) is 0 Å². The molecule has 7 nitrogen and oxygen atoms in total. The third-order valence-corrected chi connectivity index (χ3v) is 8.26. The molecule has 2 heterocycles. The maximum absolute atomic E-state index is 13.0. The lowest BCUT2D eigenvalue weighted by Crippen LogP contribution is -2.45. The number of rotatable bonds is 7. The summed E-state index contributed by atoms with van der Waals surface area (Å²) in [7, 11) is -3.59. The van der Waals surface area contributed by atoms with Crippen LogP contribution in [0.4, 0.5) is 0 Å². The van der Waals surface area contributed by atoms with Gasteiger partial charge in [-0.05, 0) is 43.0 Å². The summed E-state index contributed by atoms with van der Waals surface area (Å²) >= 11 is 0. The number of piperidine rings is 1. The van der Waals surface area contributed by atoms with Crippen LogP contribution in [-0.4, -0.2) is 62.9 Å². The van der Waals surface area contributed by atoms with Crippen molar-refractivity contribution >= 4 is 15.9 Å². The summed E-state index contributed by atoms with van der Waals surface area (Å²) in [6.07, 6.45) is 1.38. The van der Waals surface area contributed by atoms with Crippen LogP contribution in [0.5, 0.6) is 0 Å². The molecule has 0 radical (unpaired) electrons. The van der Waals surface area contributed by atoms with Crippen LogP contribution in [0.1, 0.15) is 29.5 Å². The van der Waals surface area contributed by atoms with E-state index in [9.17, 15) is 13.2 Å². The van der Waals surface area contributed by atoms with Gasteiger partial charge in [-0.1, -0.05) is 42.0 Å². The first-order valence-electron chi connectivity index (χ1n) is 11.6. The zero-order valence-electron chi connectivity index (χ0n) is 19.2. The average molecular weight is 472 g/mol. The molecule has 1 amide bonds. The molecule has 1 atom stereocenters. The van der Waals surface area contributed by atoms with Crippen LogP contribution in [0, 0.1) is 12.8 Å². The van der Waals surface area contributed by atoms with E-state index in [1.54, 1.807) is 24.3 Å². The zero-order valence-corrected chi connectivity index (χ0v) is 20.0. The van der Waals surface area contributed by atoms with Crippen molar-refractivity contribution in [3.8, 4) is 0 Å². The van der Waals surface area contributed by atoms with Crippen LogP contribution in [0.2, 0.25) is 0 Å². The number of hydrogen-bond acceptors (Lipinski definition) is 5. The lowest BCUT2D eigenvalue weighted by molar-refractivity contribution is -0.126. The largest absolute Gasteiger partial charge is 0.379 e. The van der Waals surface area contributed by atoms with Gasteiger partial charge in [0.2, 0.25) is 15.9 Å². The first-order chi connectivity index (χ1) is 15.9. The standard InChI is InChI=1S/C25H33N3O4S/c1-20-7-9-24(10-8-20)33(30,31)28-11-3-6-23(19-28)25(29)26-17-21-4-2-5-22(16-21)18-27-12-14-32-15-13-27/h2,4-5,7-10,16,23H,3,6,11-15,17-19H2,1H3,(H,26,29). The SMILES string of the molecule is Cc1ccc(S(=O)(=O)N2CCCC(C(=O)NCc3cccc(CN4CCOCC4)c3)C2)cc1. The first-order valence-corrected chi connectivity index (χ1v) is 13.1. The van der Waals surface area contributed by atoms with Crippen molar-refractivity contribution in [2.45, 2.75) is 37.8 Å². The van der Waals surface area contributed by atoms with Gasteiger partial charge in [0.15, 0.2) is 0 Å². The predicted molar refractivity (Wildman–Crippen MR) is 127 cm³/mol. The Hall–Kier alpha value is -2.26. The van der Waals surface area contributed by atoms with E-state index in [4.69, 9.17) is 4.74 Å². The molecule has 4 rings (SSSR count). The van der Waals surface area contributed by atoms with Gasteiger partial charge in [-0.2, -0.15) is 4.31 Å². The lowest BCUT2D eigenvalue weighted by atomic mass is 9.98. The molecule has 0 saturated carbocycles. The normalized spacial score (nSPS) is 20.5. The van der Waals surface area contributed by atoms with Gasteiger partial charge in [0.25, 0.3) is 0 Å². The van der Waals surface area contributed by atoms with Gasteiger partial charge in [0.05, 0.1) is 24.0 Å². The van der Waals surface area contributed by atoms with E-state index < -0.39 is 10.0 Å². The molecule has 2 aliphatic heterocycles. The van der Waals surface area contributed by atoms with Crippen molar-refractivity contribution in [2.75, 3.05) is 39.4 Å². The highest BCUT2D eigenvalue weighted by atomic mass is 32.2. The van der Waals surface area contributed by atoms with E-state index >= 15 is 0 Å². The highest BCUT2D eigenvalue weighted by Gasteiger charge is 2.33. The number of carbonyl (C=O) groups is 1. The van der Waals surface area contributed by atoms with Crippen LogP contribution in [-0.2, 0) is 32.6 Å². The Morgan fingerprint density at radius 2 is 1.79 bits per heavy atom. The molecule has 178 valence electrons. The van der Waals surface area contributed by atoms with E-state index in [0.29, 0.717) is 25.9 Å². The number of amides is 1. The van der Waals surface area contributed by atoms with Gasteiger partial charge in [-0.25, -0.2) is 8.42 Å². The molecule has 1 unspecified atom stereocenters. The smallest absolute Gasteiger partial charge is 0.243 e. The number of carbonyl (C=O) groups excluding carboxylic acids is 1. The van der Waals surface area contributed by atoms with Crippen molar-refractivity contribution < 1.29 is 17.9 Å². The molecule has 0 bridgehead atoms. The highest BCUT2D eigenvalue weighted by Crippen LogP contribution is 2.24. The molecule has 0 spiro atoms. The molecule has 1 N–H and O–H groups in total. The van der Waals surface area contributed by atoms with Crippen molar-refractivity contribution in [3.05, 3.63) is 65.2 Å². The fourth-order valence-corrected chi connectivity index (χ4v) is 5.95. The Kier molecular flexibility index (Phi) is 7.80. The number of nitrogens with one attached hydrogen (secondary N) is 1. The summed E-state index contributed by atoms with van der Waals surface area (Å²) in [5.74, 6) is -0.423. The van der Waals surface area contributed by atoms with Crippen LogP contribution in [0.25, 0.3) is 0 Å². The Balaban J connectivity index is 1.33. The van der Waals surface area contributed by atoms with E-state index in [2.05, 4.69) is 22.3 Å². The molecule has 8 heteroatoms. The number of ether oxygens (including phenoxy) is 1. The lowest BCUT2D eigenvalue weighted by Gasteiger charge is -2.31. The maximum Gasteiger partial charge on any atom is 0.243 e. The summed E-state index contributed by atoms with van der Waals surface area (Å²) in [5, 5.41) is 3.02. The fraction of sp³-hybridized carbons (Fsp3) is 0.480. The number of sulfonamides is 1. The Morgan fingerprint density at radius 3 is 2.55 bits per heavy atom. The van der Waals surface area contributed by atoms with E-state index in [1.165, 1.54) is 9.87 Å². The Bertz CT molecular complexity index is 1050. The molecule has 2 aromatic carbocycles. The van der Waals surface area contributed by atoms with E-state index in [0.717, 1.165) is 44.0 Å². The molecule has 2 saturated heterocycles. The molecule has 0 aromatic heterocycles. The minimum atomic E-state index is -3.59. The number of nitrogens with zero attached hydrogens (tertiary/aromatic N) is 2. The van der Waals surface area contributed by atoms with Gasteiger partial charge < -0.3 is 10.1 Å². The summed E-state index contributed by atoms with van der Waals surface area (Å²) in [6.45, 7) is 7.33. The van der Waals surface area contributed by atoms with Crippen molar-refractivity contribution in [1.29, 1.82) is 0 Å². The average Bonchev–Trinajstić information content (AvgIpc) is 2.84. The maximum atomic E-state index is 13.0. The zero-order chi connectivity index (χ0) is 23.3. The minimum absolute atomic E-state index is 0.0858. The number of morpholine rings is 1. The molecule has 0 aliphatic carbocycles. The quantitative estimate of drug-likeness (QED) is 0.672. The molecule has 33 heavy (non-hydrogen) atoms. The number of aryl methyl sites for hydroxylation is 1. The summed E-state index contributed by atoms with van der Waals surface area (Å²) in [5.41, 5.74) is 3.28. The monoisotopic (exact) mass is 471 g/mol. The van der Waals surface area contributed by atoms with Crippen LogP contribution in [0.3, 0.4) is 0 Å². The minimum Gasteiger partial charge on any atom is -0.379 e. The fourth-order valence-electron chi connectivity index (χ4n) is 4.42. The third kappa shape index (κ3) is 6.20. The van der Waals surface area contributed by atoms with Crippen LogP contribution < -0.4 is 5.32 Å². The van der Waals surface area contributed by atoms with E-state index in [-0.39, 0.29) is 23.3 Å². The molecular formula is C25H33N3O4S. The third-order valence-electron chi connectivity index (χ3n) is 6.38. The Morgan fingerprint density at radius 1 is 1.06 bits per heavy atom. The van der Waals surface area contributed by atoms with Gasteiger partial charge in [-0.3, -0.25) is 9.69 Å². The molecule has 2 fully saturated rings. The number of hydrogen-bond donors (Lipinski definition) is 1. The second-order valence-corrected chi connectivity index (χ2v) is 10.9. The van der Waals surface area contributed by atoms with Gasteiger partial charge in [0, 0.05) is 39.3 Å². The second-order valence-electron chi connectivity index (χ2n) is 8.94. The molecule has 2 aromatic rings. The summed E-state index contributed by atoms with van der Waals surface area (Å²) in [6, 6.07) is 15.1.